The minimum absolute atomic E-state index is 0.0629. The van der Waals surface area contributed by atoms with Crippen molar-refractivity contribution in [3.63, 3.8) is 0 Å². The first-order valence-corrected chi connectivity index (χ1v) is 14.9. The smallest absolute Gasteiger partial charge is 0.167 e. The molecule has 7 aromatic rings. The molecule has 44 heavy (non-hydrogen) atoms. The number of benzene rings is 5. The Morgan fingerprint density at radius 2 is 1.09 bits per heavy atom. The number of fused-ring (bicyclic) bond motifs is 6. The lowest BCUT2D eigenvalue weighted by Gasteiger charge is -2.19. The molecule has 2 aliphatic rings. The van der Waals surface area contributed by atoms with Crippen molar-refractivity contribution in [2.75, 3.05) is 0 Å². The minimum Gasteiger partial charge on any atom is -0.484 e. The van der Waals surface area contributed by atoms with Gasteiger partial charge in [-0.25, -0.2) is 15.0 Å². The molecule has 1 aliphatic heterocycles. The third-order valence-corrected chi connectivity index (χ3v) is 8.56. The topological polar surface area (TPSA) is 52.8 Å². The molecule has 0 fully saturated rings. The summed E-state index contributed by atoms with van der Waals surface area (Å²) in [5, 5.41) is 2.52. The number of hydrogen-bond donors (Lipinski definition) is 0. The van der Waals surface area contributed by atoms with Gasteiger partial charge in [-0.05, 0) is 24.3 Å². The molecule has 0 radical (unpaired) electrons. The Morgan fingerprint density at radius 1 is 0.545 bits per heavy atom. The van der Waals surface area contributed by atoms with Crippen LogP contribution in [0.2, 0.25) is 0 Å². The van der Waals surface area contributed by atoms with Crippen molar-refractivity contribution in [1.29, 1.82) is 0 Å². The van der Waals surface area contributed by atoms with Gasteiger partial charge in [0, 0.05) is 45.2 Å². The maximum absolute atomic E-state index is 6.71. The Hall–Kier alpha value is -5.81. The molecule has 3 heterocycles. The van der Waals surface area contributed by atoms with Gasteiger partial charge in [0.05, 0.1) is 16.6 Å². The van der Waals surface area contributed by atoms with Crippen molar-refractivity contribution >= 4 is 33.1 Å². The quantitative estimate of drug-likeness (QED) is 0.213. The average Bonchev–Trinajstić information content (AvgIpc) is 3.64. The number of aromatic nitrogens is 4. The molecule has 2 aromatic heterocycles. The maximum Gasteiger partial charge on any atom is 0.167 e. The second-order valence-corrected chi connectivity index (χ2v) is 11.2. The highest BCUT2D eigenvalue weighted by molar-refractivity contribution is 6.11. The van der Waals surface area contributed by atoms with E-state index in [4.69, 9.17) is 19.7 Å². The molecular weight excluding hydrogens is 540 g/mol. The summed E-state index contributed by atoms with van der Waals surface area (Å²) in [6, 6.07) is 43.7. The van der Waals surface area contributed by atoms with Gasteiger partial charge >= 0.3 is 0 Å². The molecule has 0 saturated heterocycles. The second-order valence-electron chi connectivity index (χ2n) is 11.2. The summed E-state index contributed by atoms with van der Waals surface area (Å²) in [6.07, 6.45) is 5.30. The van der Waals surface area contributed by atoms with Crippen LogP contribution in [-0.4, -0.2) is 25.6 Å². The van der Waals surface area contributed by atoms with Gasteiger partial charge in [-0.1, -0.05) is 115 Å². The van der Waals surface area contributed by atoms with Crippen molar-refractivity contribution in [3.8, 4) is 39.9 Å². The zero-order valence-electron chi connectivity index (χ0n) is 23.8. The third-order valence-electron chi connectivity index (χ3n) is 8.56. The van der Waals surface area contributed by atoms with E-state index in [1.165, 1.54) is 27.4 Å². The van der Waals surface area contributed by atoms with Gasteiger partial charge in [0.1, 0.15) is 11.9 Å². The van der Waals surface area contributed by atoms with Crippen LogP contribution in [0.3, 0.4) is 0 Å². The van der Waals surface area contributed by atoms with Gasteiger partial charge in [0.2, 0.25) is 0 Å². The Balaban J connectivity index is 1.19. The summed E-state index contributed by atoms with van der Waals surface area (Å²) >= 11 is 0. The molecule has 5 heteroatoms. The summed E-state index contributed by atoms with van der Waals surface area (Å²) in [6.45, 7) is 0. The van der Waals surface area contributed by atoms with E-state index < -0.39 is 0 Å². The van der Waals surface area contributed by atoms with Gasteiger partial charge < -0.3 is 9.30 Å². The van der Waals surface area contributed by atoms with Crippen molar-refractivity contribution in [2.24, 2.45) is 0 Å². The van der Waals surface area contributed by atoms with Crippen molar-refractivity contribution in [2.45, 2.75) is 12.5 Å². The predicted molar refractivity (Wildman–Crippen MR) is 177 cm³/mol. The number of para-hydroxylation sites is 3. The number of rotatable bonds is 4. The molecule has 0 amide bonds. The van der Waals surface area contributed by atoms with Crippen molar-refractivity contribution in [3.05, 3.63) is 145 Å². The maximum atomic E-state index is 6.71. The van der Waals surface area contributed by atoms with Crippen LogP contribution in [0.25, 0.3) is 67.2 Å². The lowest BCUT2D eigenvalue weighted by atomic mass is 9.94. The number of ether oxygens (including phenoxy) is 1. The summed E-state index contributed by atoms with van der Waals surface area (Å²) in [5.41, 5.74) is 8.59. The lowest BCUT2D eigenvalue weighted by Crippen LogP contribution is -2.15. The number of nitrogens with zero attached hydrogens (tertiary/aromatic N) is 4. The zero-order valence-corrected chi connectivity index (χ0v) is 23.8. The van der Waals surface area contributed by atoms with Gasteiger partial charge in [-0.15, -0.1) is 0 Å². The molecule has 5 nitrogen and oxygen atoms in total. The molecule has 208 valence electrons. The molecule has 9 rings (SSSR count). The SMILES string of the molecule is C1=C2c3cccc(-c4nc(-c5ccccc5)nc(-c5ccccc5)n4)c3OC2CC=C1n1c2ccccc2c2ccccc21. The van der Waals surface area contributed by atoms with Crippen LogP contribution in [0, 0.1) is 0 Å². The summed E-state index contributed by atoms with van der Waals surface area (Å²) in [7, 11) is 0. The number of hydrogen-bond acceptors (Lipinski definition) is 4. The first-order chi connectivity index (χ1) is 21.8. The fraction of sp³-hybridized carbons (Fsp3) is 0.0513. The van der Waals surface area contributed by atoms with E-state index in [2.05, 4.69) is 83.4 Å². The lowest BCUT2D eigenvalue weighted by molar-refractivity contribution is 0.280. The van der Waals surface area contributed by atoms with Crippen LogP contribution >= 0.6 is 0 Å². The number of allylic oxidation sites excluding steroid dienone is 2. The first kappa shape index (κ1) is 24.8. The van der Waals surface area contributed by atoms with Crippen LogP contribution < -0.4 is 4.74 Å². The largest absolute Gasteiger partial charge is 0.484 e. The monoisotopic (exact) mass is 566 g/mol. The molecule has 0 saturated carbocycles. The molecule has 5 aromatic carbocycles. The Kier molecular flexibility index (Phi) is 5.56. The highest BCUT2D eigenvalue weighted by atomic mass is 16.5. The van der Waals surface area contributed by atoms with E-state index in [1.54, 1.807) is 0 Å². The molecule has 1 atom stereocenters. The Bertz CT molecular complexity index is 2170. The predicted octanol–water partition coefficient (Wildman–Crippen LogP) is 9.07. The molecular formula is C39H26N4O. The van der Waals surface area contributed by atoms with Crippen LogP contribution in [0.1, 0.15) is 12.0 Å². The summed E-state index contributed by atoms with van der Waals surface area (Å²) in [4.78, 5) is 14.8. The van der Waals surface area contributed by atoms with E-state index in [0.717, 1.165) is 40.1 Å². The van der Waals surface area contributed by atoms with Crippen molar-refractivity contribution in [1.82, 2.24) is 19.5 Å². The first-order valence-electron chi connectivity index (χ1n) is 14.9. The minimum atomic E-state index is -0.0629. The fourth-order valence-electron chi connectivity index (χ4n) is 6.52. The molecule has 0 bridgehead atoms. The van der Waals surface area contributed by atoms with E-state index in [0.29, 0.717) is 17.5 Å². The van der Waals surface area contributed by atoms with E-state index in [-0.39, 0.29) is 6.10 Å². The molecule has 0 spiro atoms. The van der Waals surface area contributed by atoms with Crippen LogP contribution in [0.15, 0.2) is 140 Å². The second kappa shape index (κ2) is 9.89. The highest BCUT2D eigenvalue weighted by Gasteiger charge is 2.33. The third kappa shape index (κ3) is 3.90. The fourth-order valence-corrected chi connectivity index (χ4v) is 6.52. The normalized spacial score (nSPS) is 15.4. The Morgan fingerprint density at radius 3 is 1.73 bits per heavy atom. The van der Waals surface area contributed by atoms with E-state index in [9.17, 15) is 0 Å². The Labute approximate surface area is 254 Å². The highest BCUT2D eigenvalue weighted by Crippen LogP contribution is 2.47. The van der Waals surface area contributed by atoms with Crippen LogP contribution in [0.5, 0.6) is 5.75 Å². The average molecular weight is 567 g/mol. The van der Waals surface area contributed by atoms with Crippen LogP contribution in [0.4, 0.5) is 0 Å². The van der Waals surface area contributed by atoms with Gasteiger partial charge in [-0.2, -0.15) is 0 Å². The van der Waals surface area contributed by atoms with E-state index in [1.807, 2.05) is 60.7 Å². The zero-order chi connectivity index (χ0) is 29.0. The van der Waals surface area contributed by atoms with E-state index >= 15 is 0 Å². The summed E-state index contributed by atoms with van der Waals surface area (Å²) in [5.74, 6) is 2.70. The standard InChI is InChI=1S/C39H26N4O/c1-3-12-25(13-4-1)37-40-38(26-14-5-2-6-15-26)42-39(41-37)31-19-11-18-30-32-24-27(22-23-35(32)44-36(30)31)43-33-20-9-7-16-28(33)29-17-8-10-21-34(29)43/h1-22,24,35H,23H2. The van der Waals surface area contributed by atoms with Gasteiger partial charge in [0.15, 0.2) is 17.5 Å². The van der Waals surface area contributed by atoms with Crippen LogP contribution in [-0.2, 0) is 0 Å². The molecule has 1 aliphatic carbocycles. The molecule has 1 unspecified atom stereocenters. The van der Waals surface area contributed by atoms with Gasteiger partial charge in [0.25, 0.3) is 0 Å². The molecule has 0 N–H and O–H groups in total. The van der Waals surface area contributed by atoms with Gasteiger partial charge in [-0.3, -0.25) is 0 Å². The summed E-state index contributed by atoms with van der Waals surface area (Å²) < 4.78 is 9.08. The van der Waals surface area contributed by atoms with Crippen molar-refractivity contribution < 1.29 is 4.74 Å².